The van der Waals surface area contributed by atoms with E-state index in [1.54, 1.807) is 6.08 Å². The summed E-state index contributed by atoms with van der Waals surface area (Å²) in [5.74, 6) is 0. The van der Waals surface area contributed by atoms with Crippen molar-refractivity contribution in [3.05, 3.63) is 182 Å². The van der Waals surface area contributed by atoms with E-state index in [0.29, 0.717) is 0 Å². The van der Waals surface area contributed by atoms with Gasteiger partial charge in [-0.05, 0) is 88.7 Å². The van der Waals surface area contributed by atoms with E-state index in [4.69, 9.17) is 0 Å². The Hall–Kier alpha value is -5.14. The van der Waals surface area contributed by atoms with Gasteiger partial charge in [-0.1, -0.05) is 148 Å². The van der Waals surface area contributed by atoms with Crippen molar-refractivity contribution in [3.8, 4) is 33.4 Å². The molecular formula is C43H41N. The summed E-state index contributed by atoms with van der Waals surface area (Å²) in [5, 5.41) is 0. The minimum atomic E-state index is -0.00510. The maximum absolute atomic E-state index is 4.12. The smallest absolute Gasteiger partial charge is 0.0467 e. The Morgan fingerprint density at radius 3 is 1.66 bits per heavy atom. The second-order valence-corrected chi connectivity index (χ2v) is 11.4. The van der Waals surface area contributed by atoms with E-state index in [1.165, 1.54) is 44.5 Å². The lowest BCUT2D eigenvalue weighted by atomic mass is 9.82. The van der Waals surface area contributed by atoms with Crippen LogP contribution in [0.2, 0.25) is 0 Å². The van der Waals surface area contributed by atoms with Crippen LogP contribution in [0.25, 0.3) is 33.4 Å². The molecule has 0 bridgehead atoms. The van der Waals surface area contributed by atoms with Crippen LogP contribution in [0.4, 0.5) is 11.4 Å². The highest BCUT2D eigenvalue weighted by Crippen LogP contribution is 2.50. The number of nitrogens with zero attached hydrogens (tertiary/aromatic N) is 1. The summed E-state index contributed by atoms with van der Waals surface area (Å²) in [6.45, 7) is 16.3. The Kier molecular flexibility index (Phi) is 9.26. The Balaban J connectivity index is 0.000000712. The Bertz CT molecular complexity index is 1800. The van der Waals surface area contributed by atoms with Gasteiger partial charge in [-0.3, -0.25) is 0 Å². The first-order chi connectivity index (χ1) is 21.4. The minimum Gasteiger partial charge on any atom is -0.311 e. The Morgan fingerprint density at radius 1 is 0.591 bits per heavy atom. The molecule has 0 saturated carbocycles. The molecule has 0 N–H and O–H groups in total. The van der Waals surface area contributed by atoms with Gasteiger partial charge in [0, 0.05) is 22.5 Å². The van der Waals surface area contributed by atoms with Crippen LogP contribution in [0.5, 0.6) is 0 Å². The summed E-state index contributed by atoms with van der Waals surface area (Å²) in [6.07, 6.45) is 9.63. The molecular weight excluding hydrogens is 530 g/mol. The van der Waals surface area contributed by atoms with Crippen molar-refractivity contribution in [1.82, 2.24) is 0 Å². The van der Waals surface area contributed by atoms with Crippen molar-refractivity contribution < 1.29 is 0 Å². The highest BCUT2D eigenvalue weighted by atomic mass is 15.1. The molecule has 218 valence electrons. The van der Waals surface area contributed by atoms with E-state index >= 15 is 0 Å². The predicted molar refractivity (Wildman–Crippen MR) is 192 cm³/mol. The number of hydrogen-bond acceptors (Lipinski definition) is 1. The van der Waals surface area contributed by atoms with Crippen molar-refractivity contribution in [3.63, 3.8) is 0 Å². The lowest BCUT2D eigenvalue weighted by molar-refractivity contribution is 0.660. The van der Waals surface area contributed by atoms with Gasteiger partial charge in [-0.25, -0.2) is 0 Å². The average Bonchev–Trinajstić information content (AvgIpc) is 3.30. The quantitative estimate of drug-likeness (QED) is 0.176. The van der Waals surface area contributed by atoms with Crippen LogP contribution in [0, 0.1) is 0 Å². The lowest BCUT2D eigenvalue weighted by Gasteiger charge is -2.28. The first-order valence-corrected chi connectivity index (χ1v) is 15.3. The number of fused-ring (bicyclic) bond motifs is 3. The van der Waals surface area contributed by atoms with Crippen LogP contribution in [0.1, 0.15) is 38.8 Å². The minimum absolute atomic E-state index is 0.00510. The number of benzene rings is 5. The molecule has 0 atom stereocenters. The van der Waals surface area contributed by atoms with Gasteiger partial charge in [-0.2, -0.15) is 0 Å². The van der Waals surface area contributed by atoms with Gasteiger partial charge in [0.25, 0.3) is 0 Å². The molecule has 5 aromatic rings. The van der Waals surface area contributed by atoms with Gasteiger partial charge in [0.1, 0.15) is 0 Å². The average molecular weight is 572 g/mol. The fourth-order valence-electron chi connectivity index (χ4n) is 6.06. The molecule has 0 fully saturated rings. The topological polar surface area (TPSA) is 3.24 Å². The van der Waals surface area contributed by atoms with Crippen molar-refractivity contribution in [2.75, 3.05) is 4.90 Å². The maximum Gasteiger partial charge on any atom is 0.0467 e. The largest absolute Gasteiger partial charge is 0.311 e. The van der Waals surface area contributed by atoms with E-state index < -0.39 is 0 Å². The Labute approximate surface area is 263 Å². The zero-order chi connectivity index (χ0) is 31.1. The van der Waals surface area contributed by atoms with Gasteiger partial charge >= 0.3 is 0 Å². The summed E-state index contributed by atoms with van der Waals surface area (Å²) in [5.41, 5.74) is 13.6. The monoisotopic (exact) mass is 571 g/mol. The van der Waals surface area contributed by atoms with E-state index in [0.717, 1.165) is 17.1 Å². The van der Waals surface area contributed by atoms with Crippen molar-refractivity contribution in [1.29, 1.82) is 0 Å². The van der Waals surface area contributed by atoms with Crippen molar-refractivity contribution in [2.45, 2.75) is 33.1 Å². The number of anilines is 2. The van der Waals surface area contributed by atoms with Gasteiger partial charge < -0.3 is 4.90 Å². The zero-order valence-corrected chi connectivity index (χ0v) is 26.3. The Morgan fingerprint density at radius 2 is 1.11 bits per heavy atom. The van der Waals surface area contributed by atoms with Crippen molar-refractivity contribution >= 4 is 11.4 Å². The number of hydrogen-bond donors (Lipinski definition) is 0. The second kappa shape index (κ2) is 13.4. The molecule has 0 amide bonds. The normalized spacial score (nSPS) is 13.0. The second-order valence-electron chi connectivity index (χ2n) is 11.4. The molecule has 0 spiro atoms. The summed E-state index contributed by atoms with van der Waals surface area (Å²) < 4.78 is 0. The van der Waals surface area contributed by atoms with E-state index in [2.05, 4.69) is 166 Å². The third-order valence-electron chi connectivity index (χ3n) is 8.37. The first kappa shape index (κ1) is 30.3. The summed E-state index contributed by atoms with van der Waals surface area (Å²) >= 11 is 0. The van der Waals surface area contributed by atoms with E-state index in [-0.39, 0.29) is 5.41 Å². The van der Waals surface area contributed by atoms with Gasteiger partial charge in [0.05, 0.1) is 0 Å². The molecule has 0 unspecified atom stereocenters. The maximum atomic E-state index is 4.12. The van der Waals surface area contributed by atoms with E-state index in [1.807, 2.05) is 25.2 Å². The SMILES string of the molecule is C=C/C(=C\C)N(c1ccc(-c2ccc(-c3ccccc3)cc2)cc1)c1ccc2c(c1)-c1ccccc1C2(C)C.C=C/C=C\C. The summed E-state index contributed by atoms with van der Waals surface area (Å²) in [6, 6.07) is 43.8. The highest BCUT2D eigenvalue weighted by molar-refractivity contribution is 5.85. The third-order valence-corrected chi connectivity index (χ3v) is 8.37. The van der Waals surface area contributed by atoms with Crippen LogP contribution in [0.15, 0.2) is 171 Å². The van der Waals surface area contributed by atoms with Crippen LogP contribution < -0.4 is 4.90 Å². The van der Waals surface area contributed by atoms with Crippen molar-refractivity contribution in [2.24, 2.45) is 0 Å². The molecule has 0 aliphatic heterocycles. The lowest BCUT2D eigenvalue weighted by Crippen LogP contribution is -2.17. The van der Waals surface area contributed by atoms with Gasteiger partial charge in [0.15, 0.2) is 0 Å². The molecule has 0 heterocycles. The molecule has 1 heteroatoms. The molecule has 44 heavy (non-hydrogen) atoms. The first-order valence-electron chi connectivity index (χ1n) is 15.3. The van der Waals surface area contributed by atoms with Crippen LogP contribution >= 0.6 is 0 Å². The summed E-state index contributed by atoms with van der Waals surface area (Å²) in [4.78, 5) is 2.30. The highest BCUT2D eigenvalue weighted by Gasteiger charge is 2.35. The fourth-order valence-corrected chi connectivity index (χ4v) is 6.06. The van der Waals surface area contributed by atoms with Crippen LogP contribution in [-0.2, 0) is 5.41 Å². The predicted octanol–water partition coefficient (Wildman–Crippen LogP) is 12.3. The zero-order valence-electron chi connectivity index (χ0n) is 26.3. The number of allylic oxidation sites excluding steroid dienone is 5. The molecule has 0 saturated heterocycles. The molecule has 6 rings (SSSR count). The molecule has 1 aliphatic rings. The standard InChI is InChI=1S/C38H33N.C5H8/c1-5-31(6-2)39(33-24-25-37-35(26-33)34-14-10-11-15-36(34)38(37,3)4)32-22-20-30(21-23-32)29-18-16-28(17-19-29)27-12-8-7-9-13-27;1-3-5-4-2/h5-26H,1H2,2-4H3;3-5H,1H2,2H3/b31-6+;5-4-. The molecule has 0 aromatic heterocycles. The molecule has 0 radical (unpaired) electrons. The van der Waals surface area contributed by atoms with Crippen LogP contribution in [-0.4, -0.2) is 0 Å². The van der Waals surface area contributed by atoms with Crippen LogP contribution in [0.3, 0.4) is 0 Å². The molecule has 5 aromatic carbocycles. The third kappa shape index (κ3) is 6.00. The van der Waals surface area contributed by atoms with Gasteiger partial charge in [-0.15, -0.1) is 0 Å². The fraction of sp³-hybridized carbons (Fsp3) is 0.116. The number of rotatable bonds is 7. The van der Waals surface area contributed by atoms with E-state index in [9.17, 15) is 0 Å². The molecule has 1 aliphatic carbocycles. The summed E-state index contributed by atoms with van der Waals surface area (Å²) in [7, 11) is 0. The molecule has 1 nitrogen and oxygen atoms in total. The van der Waals surface area contributed by atoms with Gasteiger partial charge in [0.2, 0.25) is 0 Å².